The van der Waals surface area contributed by atoms with Crippen molar-refractivity contribution in [2.45, 2.75) is 32.2 Å². The molecule has 0 atom stereocenters. The monoisotopic (exact) mass is 325 g/mol. The van der Waals surface area contributed by atoms with E-state index in [-0.39, 0.29) is 5.91 Å². The number of hydrogen-bond acceptors (Lipinski definition) is 4. The number of H-pyrrole nitrogens is 1. The molecule has 1 aromatic heterocycles. The van der Waals surface area contributed by atoms with Gasteiger partial charge in [-0.2, -0.15) is 5.10 Å². The highest BCUT2D eigenvalue weighted by Crippen LogP contribution is 2.29. The Morgan fingerprint density at radius 2 is 2.00 bits per heavy atom. The number of aromatic amines is 1. The first-order chi connectivity index (χ1) is 11.8. The summed E-state index contributed by atoms with van der Waals surface area (Å²) in [5.74, 6) is -0.138. The normalized spacial score (nSPS) is 17.4. The Morgan fingerprint density at radius 3 is 2.88 bits per heavy atom. The zero-order valence-electron chi connectivity index (χ0n) is 13.8. The van der Waals surface area contributed by atoms with E-state index in [1.807, 2.05) is 18.2 Å². The van der Waals surface area contributed by atoms with Crippen molar-refractivity contribution < 1.29 is 4.79 Å². The molecule has 1 fully saturated rings. The van der Waals surface area contributed by atoms with Gasteiger partial charge in [0.1, 0.15) is 0 Å². The SMILES string of the molecule is O=C(Nc1ccccc1N1CCCCC1)c1n[nH]c2c1CNCC2. The summed E-state index contributed by atoms with van der Waals surface area (Å²) in [4.78, 5) is 15.1. The number of fused-ring (bicyclic) bond motifs is 1. The van der Waals surface area contributed by atoms with Crippen LogP contribution < -0.4 is 15.5 Å². The summed E-state index contributed by atoms with van der Waals surface area (Å²) in [7, 11) is 0. The van der Waals surface area contributed by atoms with Crippen molar-refractivity contribution in [2.75, 3.05) is 29.9 Å². The number of amides is 1. The molecule has 0 aliphatic carbocycles. The molecule has 24 heavy (non-hydrogen) atoms. The first kappa shape index (κ1) is 15.2. The zero-order valence-corrected chi connectivity index (χ0v) is 13.8. The maximum atomic E-state index is 12.7. The predicted molar refractivity (Wildman–Crippen MR) is 94.5 cm³/mol. The van der Waals surface area contributed by atoms with Gasteiger partial charge in [0.2, 0.25) is 0 Å². The smallest absolute Gasteiger partial charge is 0.276 e. The molecule has 0 radical (unpaired) electrons. The molecular weight excluding hydrogens is 302 g/mol. The van der Waals surface area contributed by atoms with Crippen LogP contribution in [0.3, 0.4) is 0 Å². The van der Waals surface area contributed by atoms with Crippen LogP contribution in [-0.2, 0) is 13.0 Å². The third kappa shape index (κ3) is 2.89. The maximum Gasteiger partial charge on any atom is 0.276 e. The molecule has 4 rings (SSSR count). The number of hydrogen-bond donors (Lipinski definition) is 3. The summed E-state index contributed by atoms with van der Waals surface area (Å²) in [5, 5.41) is 13.6. The lowest BCUT2D eigenvalue weighted by molar-refractivity contribution is 0.102. The second kappa shape index (κ2) is 6.65. The molecule has 2 aliphatic rings. The van der Waals surface area contributed by atoms with Crippen molar-refractivity contribution in [1.82, 2.24) is 15.5 Å². The second-order valence-corrected chi connectivity index (χ2v) is 6.48. The molecule has 2 aromatic rings. The number of nitrogens with zero attached hydrogens (tertiary/aromatic N) is 2. The van der Waals surface area contributed by atoms with Crippen molar-refractivity contribution in [3.63, 3.8) is 0 Å². The molecule has 6 heteroatoms. The Balaban J connectivity index is 1.57. The summed E-state index contributed by atoms with van der Waals surface area (Å²) in [6.45, 7) is 3.72. The van der Waals surface area contributed by atoms with E-state index in [0.29, 0.717) is 12.2 Å². The number of para-hydroxylation sites is 2. The Hall–Kier alpha value is -2.34. The lowest BCUT2D eigenvalue weighted by Crippen LogP contribution is -2.30. The van der Waals surface area contributed by atoms with Crippen molar-refractivity contribution in [2.24, 2.45) is 0 Å². The standard InChI is InChI=1S/C18H23N5O/c24-18(17-13-12-19-9-8-14(13)21-22-17)20-15-6-2-3-7-16(15)23-10-4-1-5-11-23/h2-3,6-7,19H,1,4-5,8-12H2,(H,20,24)(H,21,22). The number of carbonyl (C=O) groups excluding carboxylic acids is 1. The number of nitrogens with one attached hydrogen (secondary N) is 3. The molecule has 0 saturated carbocycles. The minimum atomic E-state index is -0.138. The number of piperidine rings is 1. The van der Waals surface area contributed by atoms with Gasteiger partial charge in [-0.3, -0.25) is 9.89 Å². The van der Waals surface area contributed by atoms with Crippen molar-refractivity contribution >= 4 is 17.3 Å². The highest BCUT2D eigenvalue weighted by Gasteiger charge is 2.23. The third-order valence-corrected chi connectivity index (χ3v) is 4.87. The minimum absolute atomic E-state index is 0.138. The van der Waals surface area contributed by atoms with E-state index in [0.717, 1.165) is 48.7 Å². The lowest BCUT2D eigenvalue weighted by Gasteiger charge is -2.30. The van der Waals surface area contributed by atoms with Gasteiger partial charge in [-0.25, -0.2) is 0 Å². The second-order valence-electron chi connectivity index (χ2n) is 6.48. The number of benzene rings is 1. The zero-order chi connectivity index (χ0) is 16.4. The van der Waals surface area contributed by atoms with E-state index >= 15 is 0 Å². The Labute approximate surface area is 141 Å². The van der Waals surface area contributed by atoms with E-state index in [1.54, 1.807) is 0 Å². The van der Waals surface area contributed by atoms with Gasteiger partial charge in [0, 0.05) is 43.9 Å². The average Bonchev–Trinajstić information content (AvgIpc) is 3.07. The summed E-state index contributed by atoms with van der Waals surface area (Å²) < 4.78 is 0. The van der Waals surface area contributed by atoms with Crippen molar-refractivity contribution in [3.05, 3.63) is 41.2 Å². The molecule has 0 spiro atoms. The number of aromatic nitrogens is 2. The number of carbonyl (C=O) groups is 1. The highest BCUT2D eigenvalue weighted by molar-refractivity contribution is 6.05. The molecule has 126 valence electrons. The Kier molecular flexibility index (Phi) is 4.21. The summed E-state index contributed by atoms with van der Waals surface area (Å²) in [6.07, 6.45) is 4.60. The molecule has 6 nitrogen and oxygen atoms in total. The fraction of sp³-hybridized carbons (Fsp3) is 0.444. The molecule has 3 N–H and O–H groups in total. The van der Waals surface area contributed by atoms with Crippen LogP contribution in [0.25, 0.3) is 0 Å². The molecule has 0 bridgehead atoms. The molecule has 1 saturated heterocycles. The van der Waals surface area contributed by atoms with Gasteiger partial charge in [-0.15, -0.1) is 0 Å². The van der Waals surface area contributed by atoms with Gasteiger partial charge in [0.25, 0.3) is 5.91 Å². The average molecular weight is 325 g/mol. The van der Waals surface area contributed by atoms with Gasteiger partial charge in [0.05, 0.1) is 11.4 Å². The van der Waals surface area contributed by atoms with Gasteiger partial charge >= 0.3 is 0 Å². The molecule has 1 amide bonds. The van der Waals surface area contributed by atoms with Crippen molar-refractivity contribution in [3.8, 4) is 0 Å². The summed E-state index contributed by atoms with van der Waals surface area (Å²) in [6, 6.07) is 8.05. The van der Waals surface area contributed by atoms with Crippen LogP contribution in [0.15, 0.2) is 24.3 Å². The Morgan fingerprint density at radius 1 is 1.17 bits per heavy atom. The first-order valence-corrected chi connectivity index (χ1v) is 8.75. The van der Waals surface area contributed by atoms with Gasteiger partial charge < -0.3 is 15.5 Å². The van der Waals surface area contributed by atoms with E-state index < -0.39 is 0 Å². The van der Waals surface area contributed by atoms with Crippen LogP contribution in [0.5, 0.6) is 0 Å². The van der Waals surface area contributed by atoms with E-state index in [2.05, 4.69) is 31.8 Å². The molecule has 0 unspecified atom stereocenters. The van der Waals surface area contributed by atoms with Crippen LogP contribution in [0.1, 0.15) is 41.0 Å². The summed E-state index contributed by atoms with van der Waals surface area (Å²) >= 11 is 0. The number of anilines is 2. The third-order valence-electron chi connectivity index (χ3n) is 4.87. The highest BCUT2D eigenvalue weighted by atomic mass is 16.2. The first-order valence-electron chi connectivity index (χ1n) is 8.75. The van der Waals surface area contributed by atoms with Crippen LogP contribution in [0, 0.1) is 0 Å². The summed E-state index contributed by atoms with van der Waals surface area (Å²) in [5.41, 5.74) is 4.54. The van der Waals surface area contributed by atoms with Crippen LogP contribution in [-0.4, -0.2) is 35.7 Å². The lowest BCUT2D eigenvalue weighted by atomic mass is 10.1. The maximum absolute atomic E-state index is 12.7. The fourth-order valence-electron chi connectivity index (χ4n) is 3.58. The van der Waals surface area contributed by atoms with Crippen LogP contribution >= 0.6 is 0 Å². The number of rotatable bonds is 3. The van der Waals surface area contributed by atoms with E-state index in [9.17, 15) is 4.79 Å². The van der Waals surface area contributed by atoms with Crippen molar-refractivity contribution in [1.29, 1.82) is 0 Å². The molecule has 2 aliphatic heterocycles. The Bertz CT molecular complexity index is 733. The predicted octanol–water partition coefficient (Wildman–Crippen LogP) is 2.30. The quantitative estimate of drug-likeness (QED) is 0.809. The topological polar surface area (TPSA) is 73.0 Å². The van der Waals surface area contributed by atoms with E-state index in [4.69, 9.17) is 0 Å². The fourth-order valence-corrected chi connectivity index (χ4v) is 3.58. The van der Waals surface area contributed by atoms with Crippen LogP contribution in [0.2, 0.25) is 0 Å². The molecular formula is C18H23N5O. The van der Waals surface area contributed by atoms with Crippen LogP contribution in [0.4, 0.5) is 11.4 Å². The van der Waals surface area contributed by atoms with Gasteiger partial charge in [0.15, 0.2) is 5.69 Å². The molecule has 3 heterocycles. The van der Waals surface area contributed by atoms with E-state index in [1.165, 1.54) is 19.3 Å². The molecule has 1 aromatic carbocycles. The largest absolute Gasteiger partial charge is 0.370 e. The van der Waals surface area contributed by atoms with Gasteiger partial charge in [-0.1, -0.05) is 12.1 Å². The van der Waals surface area contributed by atoms with Gasteiger partial charge in [-0.05, 0) is 31.4 Å². The minimum Gasteiger partial charge on any atom is -0.370 e.